The van der Waals surface area contributed by atoms with E-state index in [1.807, 2.05) is 24.3 Å². The number of benzene rings is 1. The number of halogens is 1. The molecule has 0 amide bonds. The number of aromatic nitrogens is 1. The monoisotopic (exact) mass is 328 g/mol. The zero-order valence-corrected chi connectivity index (χ0v) is 13.0. The van der Waals surface area contributed by atoms with Crippen LogP contribution in [0.25, 0.3) is 11.3 Å². The largest absolute Gasteiger partial charge is 0.497 e. The summed E-state index contributed by atoms with van der Waals surface area (Å²) in [5, 5.41) is 6.33. The minimum atomic E-state index is 0. The average molecular weight is 329 g/mol. The van der Waals surface area contributed by atoms with Crippen molar-refractivity contribution in [2.24, 2.45) is 0 Å². The van der Waals surface area contributed by atoms with Gasteiger partial charge in [0.05, 0.1) is 12.8 Å². The quantitative estimate of drug-likeness (QED) is 0.892. The van der Waals surface area contributed by atoms with Gasteiger partial charge in [0.2, 0.25) is 0 Å². The summed E-state index contributed by atoms with van der Waals surface area (Å²) in [7, 11) is 1.67. The first-order valence-electron chi connectivity index (χ1n) is 5.67. The first-order chi connectivity index (χ1) is 8.33. The van der Waals surface area contributed by atoms with Gasteiger partial charge in [-0.2, -0.15) is 0 Å². The second kappa shape index (κ2) is 7.38. The van der Waals surface area contributed by atoms with Crippen molar-refractivity contribution < 1.29 is 4.74 Å². The maximum atomic E-state index is 5.21. The fourth-order valence-electron chi connectivity index (χ4n) is 1.50. The van der Waals surface area contributed by atoms with E-state index in [-0.39, 0.29) is 17.0 Å². The Balaban J connectivity index is 0.00000162. The van der Waals surface area contributed by atoms with E-state index in [1.165, 1.54) is 0 Å². The summed E-state index contributed by atoms with van der Waals surface area (Å²) in [6, 6.07) is 7.96. The Morgan fingerprint density at radius 3 is 2.94 bits per heavy atom. The van der Waals surface area contributed by atoms with Crippen LogP contribution in [0.3, 0.4) is 0 Å². The molecule has 0 aliphatic heterocycles. The van der Waals surface area contributed by atoms with Crippen LogP contribution in [-0.2, 0) is 0 Å². The van der Waals surface area contributed by atoms with E-state index in [9.17, 15) is 0 Å². The van der Waals surface area contributed by atoms with Gasteiger partial charge in [-0.1, -0.05) is 19.1 Å². The van der Waals surface area contributed by atoms with E-state index in [0.29, 0.717) is 0 Å². The molecule has 0 bridgehead atoms. The molecule has 2 aromatic rings. The van der Waals surface area contributed by atoms with E-state index in [1.54, 1.807) is 18.4 Å². The maximum absolute atomic E-state index is 5.21. The molecule has 1 aromatic heterocycles. The van der Waals surface area contributed by atoms with Crippen molar-refractivity contribution in [3.8, 4) is 17.0 Å². The predicted molar refractivity (Wildman–Crippen MR) is 83.2 cm³/mol. The molecule has 1 heterocycles. The third-order valence-electron chi connectivity index (χ3n) is 2.40. The van der Waals surface area contributed by atoms with Crippen LogP contribution in [0.5, 0.6) is 5.75 Å². The highest BCUT2D eigenvalue weighted by Crippen LogP contribution is 2.27. The first kappa shape index (κ1) is 15.0. The summed E-state index contributed by atoms with van der Waals surface area (Å²) >= 11 is 1.63. The van der Waals surface area contributed by atoms with E-state index >= 15 is 0 Å². The molecule has 3 nitrogen and oxygen atoms in total. The number of nitrogens with one attached hydrogen (secondary N) is 1. The molecular formula is C13H17BrN2OS. The van der Waals surface area contributed by atoms with Gasteiger partial charge < -0.3 is 10.1 Å². The Morgan fingerprint density at radius 2 is 2.22 bits per heavy atom. The van der Waals surface area contributed by atoms with Crippen molar-refractivity contribution >= 4 is 33.4 Å². The lowest BCUT2D eigenvalue weighted by molar-refractivity contribution is 0.415. The number of thiazole rings is 1. The lowest BCUT2D eigenvalue weighted by Crippen LogP contribution is -1.98. The third kappa shape index (κ3) is 3.71. The van der Waals surface area contributed by atoms with Gasteiger partial charge in [-0.3, -0.25) is 0 Å². The Kier molecular flexibility index (Phi) is 6.15. The van der Waals surface area contributed by atoms with E-state index in [4.69, 9.17) is 4.74 Å². The summed E-state index contributed by atoms with van der Waals surface area (Å²) in [6.45, 7) is 3.11. The minimum Gasteiger partial charge on any atom is -0.497 e. The normalized spacial score (nSPS) is 9.67. The predicted octanol–water partition coefficient (Wildman–Crippen LogP) is 4.22. The SMILES string of the molecule is Br.CCCNc1nc(-c2cccc(OC)c2)cs1. The van der Waals surface area contributed by atoms with Gasteiger partial charge in [-0.05, 0) is 18.6 Å². The number of methoxy groups -OCH3 is 1. The summed E-state index contributed by atoms with van der Waals surface area (Å²) in [6.07, 6.45) is 1.11. The Morgan fingerprint density at radius 1 is 1.39 bits per heavy atom. The molecule has 0 aliphatic carbocycles. The maximum Gasteiger partial charge on any atom is 0.183 e. The van der Waals surface area contributed by atoms with Crippen LogP contribution in [0.1, 0.15) is 13.3 Å². The number of ether oxygens (including phenoxy) is 1. The highest BCUT2D eigenvalue weighted by molar-refractivity contribution is 8.93. The summed E-state index contributed by atoms with van der Waals surface area (Å²) < 4.78 is 5.21. The molecule has 98 valence electrons. The molecule has 0 fully saturated rings. The highest BCUT2D eigenvalue weighted by atomic mass is 79.9. The molecular weight excluding hydrogens is 312 g/mol. The molecule has 2 rings (SSSR count). The van der Waals surface area contributed by atoms with Gasteiger partial charge in [0, 0.05) is 17.5 Å². The van der Waals surface area contributed by atoms with Crippen molar-refractivity contribution in [2.75, 3.05) is 19.0 Å². The second-order valence-corrected chi connectivity index (χ2v) is 4.55. The molecule has 0 saturated carbocycles. The van der Waals surface area contributed by atoms with E-state index in [2.05, 4.69) is 22.6 Å². The number of hydrogen-bond donors (Lipinski definition) is 1. The second-order valence-electron chi connectivity index (χ2n) is 3.70. The van der Waals surface area contributed by atoms with E-state index < -0.39 is 0 Å². The number of rotatable bonds is 5. The Bertz CT molecular complexity index is 487. The lowest BCUT2D eigenvalue weighted by Gasteiger charge is -2.01. The molecule has 1 N–H and O–H groups in total. The van der Waals surface area contributed by atoms with Crippen molar-refractivity contribution in [1.29, 1.82) is 0 Å². The van der Waals surface area contributed by atoms with Gasteiger partial charge >= 0.3 is 0 Å². The van der Waals surface area contributed by atoms with Crippen LogP contribution in [0.4, 0.5) is 5.13 Å². The lowest BCUT2D eigenvalue weighted by atomic mass is 10.2. The molecule has 0 atom stereocenters. The van der Waals surface area contributed by atoms with Crippen LogP contribution >= 0.6 is 28.3 Å². The van der Waals surface area contributed by atoms with Gasteiger partial charge in [0.15, 0.2) is 5.13 Å². The van der Waals surface area contributed by atoms with Crippen LogP contribution < -0.4 is 10.1 Å². The molecule has 0 saturated heterocycles. The van der Waals surface area contributed by atoms with Crippen LogP contribution in [0.2, 0.25) is 0 Å². The van der Waals surface area contributed by atoms with Crippen molar-refractivity contribution in [3.63, 3.8) is 0 Å². The standard InChI is InChI=1S/C13H16N2OS.BrH/c1-3-7-14-13-15-12(9-17-13)10-5-4-6-11(8-10)16-2;/h4-6,8-9H,3,7H2,1-2H3,(H,14,15);1H. The number of anilines is 1. The molecule has 18 heavy (non-hydrogen) atoms. The van der Waals surface area contributed by atoms with Crippen molar-refractivity contribution in [1.82, 2.24) is 4.98 Å². The van der Waals surface area contributed by atoms with Crippen LogP contribution in [-0.4, -0.2) is 18.6 Å². The minimum absolute atomic E-state index is 0. The number of hydrogen-bond acceptors (Lipinski definition) is 4. The Labute approximate surface area is 122 Å². The fourth-order valence-corrected chi connectivity index (χ4v) is 2.25. The summed E-state index contributed by atoms with van der Waals surface area (Å²) in [5.74, 6) is 0.860. The molecule has 0 aliphatic rings. The molecule has 5 heteroatoms. The third-order valence-corrected chi connectivity index (χ3v) is 3.20. The summed E-state index contributed by atoms with van der Waals surface area (Å²) in [5.41, 5.74) is 2.08. The average Bonchev–Trinajstić information content (AvgIpc) is 2.85. The number of nitrogens with zero attached hydrogens (tertiary/aromatic N) is 1. The van der Waals surface area contributed by atoms with Gasteiger partial charge in [0.25, 0.3) is 0 Å². The van der Waals surface area contributed by atoms with E-state index in [0.717, 1.165) is 35.1 Å². The fraction of sp³-hybridized carbons (Fsp3) is 0.308. The highest BCUT2D eigenvalue weighted by Gasteiger charge is 2.04. The molecule has 1 aromatic carbocycles. The van der Waals surface area contributed by atoms with Crippen molar-refractivity contribution in [3.05, 3.63) is 29.6 Å². The van der Waals surface area contributed by atoms with Gasteiger partial charge in [0.1, 0.15) is 5.75 Å². The van der Waals surface area contributed by atoms with Crippen LogP contribution in [0.15, 0.2) is 29.6 Å². The first-order valence-corrected chi connectivity index (χ1v) is 6.55. The Hall–Kier alpha value is -1.07. The zero-order valence-electron chi connectivity index (χ0n) is 10.5. The van der Waals surface area contributed by atoms with Crippen molar-refractivity contribution in [2.45, 2.75) is 13.3 Å². The van der Waals surface area contributed by atoms with Gasteiger partial charge in [-0.15, -0.1) is 28.3 Å². The topological polar surface area (TPSA) is 34.2 Å². The van der Waals surface area contributed by atoms with Gasteiger partial charge in [-0.25, -0.2) is 4.98 Å². The molecule has 0 spiro atoms. The zero-order chi connectivity index (χ0) is 12.1. The smallest absolute Gasteiger partial charge is 0.183 e. The van der Waals surface area contributed by atoms with Crippen LogP contribution in [0, 0.1) is 0 Å². The molecule has 0 unspecified atom stereocenters. The summed E-state index contributed by atoms with van der Waals surface area (Å²) in [4.78, 5) is 4.55. The molecule has 0 radical (unpaired) electrons.